The minimum absolute atomic E-state index is 0.132. The first kappa shape index (κ1) is 21.7. The van der Waals surface area contributed by atoms with Crippen LogP contribution in [-0.4, -0.2) is 18.1 Å². The molecule has 4 saturated carbocycles. The molecule has 0 aromatic carbocycles. The molecule has 0 spiro atoms. The van der Waals surface area contributed by atoms with E-state index in [1.54, 1.807) is 0 Å². The fourth-order valence-corrected chi connectivity index (χ4v) is 7.14. The third-order valence-electron chi connectivity index (χ3n) is 9.32. The van der Waals surface area contributed by atoms with E-state index in [2.05, 4.69) is 6.92 Å². The van der Waals surface area contributed by atoms with Gasteiger partial charge in [0.2, 0.25) is 0 Å². The van der Waals surface area contributed by atoms with Gasteiger partial charge in [0.25, 0.3) is 0 Å². The van der Waals surface area contributed by atoms with Crippen LogP contribution < -0.4 is 5.73 Å². The van der Waals surface area contributed by atoms with Crippen LogP contribution in [0.5, 0.6) is 0 Å². The lowest BCUT2D eigenvalue weighted by molar-refractivity contribution is -0.158. The Morgan fingerprint density at radius 3 is 1.55 bits per heavy atom. The smallest absolute Gasteiger partial charge is 0.309 e. The molecule has 3 heteroatoms. The molecule has 0 aromatic rings. The number of nitrogens with two attached hydrogens (primary N) is 1. The SMILES string of the molecule is CC1CCC(C2CCC(C(=O)OC3CCC(C4CCC(N)CC4)CC3)CC2)CC1. The van der Waals surface area contributed by atoms with Crippen molar-refractivity contribution in [3.63, 3.8) is 0 Å². The van der Waals surface area contributed by atoms with Crippen molar-refractivity contribution in [3.8, 4) is 0 Å². The second-order valence-electron chi connectivity index (χ2n) is 11.3. The number of carbonyl (C=O) groups excluding carboxylic acids is 1. The van der Waals surface area contributed by atoms with Crippen molar-refractivity contribution in [1.29, 1.82) is 0 Å². The number of esters is 1. The third kappa shape index (κ3) is 5.77. The zero-order chi connectivity index (χ0) is 20.2. The molecule has 4 rings (SSSR count). The summed E-state index contributed by atoms with van der Waals surface area (Å²) in [7, 11) is 0. The molecule has 0 amide bonds. The highest BCUT2D eigenvalue weighted by Gasteiger charge is 2.35. The Bertz CT molecular complexity index is 503. The van der Waals surface area contributed by atoms with E-state index in [1.807, 2.05) is 0 Å². The van der Waals surface area contributed by atoms with Crippen molar-refractivity contribution in [2.75, 3.05) is 0 Å². The van der Waals surface area contributed by atoms with E-state index in [4.69, 9.17) is 10.5 Å². The zero-order valence-electron chi connectivity index (χ0n) is 18.8. The Morgan fingerprint density at radius 1 is 0.621 bits per heavy atom. The summed E-state index contributed by atoms with van der Waals surface area (Å²) in [6.07, 6.45) is 20.3. The first-order chi connectivity index (χ1) is 14.1. The van der Waals surface area contributed by atoms with Gasteiger partial charge in [-0.3, -0.25) is 4.79 Å². The molecule has 3 nitrogen and oxygen atoms in total. The lowest BCUT2D eigenvalue weighted by Crippen LogP contribution is -2.34. The number of rotatable bonds is 4. The summed E-state index contributed by atoms with van der Waals surface area (Å²) in [5, 5.41) is 0. The molecule has 166 valence electrons. The molecule has 4 aliphatic carbocycles. The van der Waals surface area contributed by atoms with Gasteiger partial charge in [-0.1, -0.05) is 19.8 Å². The largest absolute Gasteiger partial charge is 0.462 e. The standard InChI is InChI=1S/C26H45NO2/c1-18-2-4-19(5-3-18)20-6-8-23(9-7-20)26(28)29-25-16-12-22(13-17-25)21-10-14-24(27)15-11-21/h18-25H,2-17,27H2,1H3. The maximum Gasteiger partial charge on any atom is 0.309 e. The number of hydrogen-bond donors (Lipinski definition) is 1. The summed E-state index contributed by atoms with van der Waals surface area (Å²) in [6, 6.07) is 0.445. The van der Waals surface area contributed by atoms with Crippen LogP contribution in [0.4, 0.5) is 0 Å². The molecule has 0 radical (unpaired) electrons. The van der Waals surface area contributed by atoms with Crippen molar-refractivity contribution < 1.29 is 9.53 Å². The predicted octanol–water partition coefficient (Wildman–Crippen LogP) is 6.24. The van der Waals surface area contributed by atoms with Crippen LogP contribution in [0.15, 0.2) is 0 Å². The molecule has 0 saturated heterocycles. The van der Waals surface area contributed by atoms with Gasteiger partial charge in [0.15, 0.2) is 0 Å². The van der Waals surface area contributed by atoms with E-state index in [0.29, 0.717) is 6.04 Å². The molecule has 0 aliphatic heterocycles. The monoisotopic (exact) mass is 403 g/mol. The van der Waals surface area contributed by atoms with Gasteiger partial charge in [-0.05, 0) is 119 Å². The summed E-state index contributed by atoms with van der Waals surface area (Å²) >= 11 is 0. The highest BCUT2D eigenvalue weighted by Crippen LogP contribution is 2.42. The summed E-state index contributed by atoms with van der Waals surface area (Å²) in [5.74, 6) is 4.80. The summed E-state index contributed by atoms with van der Waals surface area (Å²) in [5.41, 5.74) is 6.07. The normalized spacial score (nSPS) is 44.2. The average molecular weight is 404 g/mol. The van der Waals surface area contributed by atoms with Crippen LogP contribution >= 0.6 is 0 Å². The Balaban J connectivity index is 1.14. The lowest BCUT2D eigenvalue weighted by atomic mass is 9.69. The van der Waals surface area contributed by atoms with Crippen molar-refractivity contribution in [2.24, 2.45) is 41.2 Å². The Hall–Kier alpha value is -0.570. The van der Waals surface area contributed by atoms with Gasteiger partial charge in [0.1, 0.15) is 6.10 Å². The Labute approximate surface area is 178 Å². The van der Waals surface area contributed by atoms with Crippen LogP contribution in [0.25, 0.3) is 0 Å². The molecule has 29 heavy (non-hydrogen) atoms. The molecular weight excluding hydrogens is 358 g/mol. The topological polar surface area (TPSA) is 52.3 Å². The first-order valence-electron chi connectivity index (χ1n) is 13.0. The fraction of sp³-hybridized carbons (Fsp3) is 0.962. The van der Waals surface area contributed by atoms with Crippen LogP contribution in [0, 0.1) is 35.5 Å². The van der Waals surface area contributed by atoms with Crippen LogP contribution in [0.2, 0.25) is 0 Å². The molecule has 0 heterocycles. The van der Waals surface area contributed by atoms with Gasteiger partial charge in [-0.25, -0.2) is 0 Å². The first-order valence-corrected chi connectivity index (χ1v) is 13.0. The van der Waals surface area contributed by atoms with Crippen molar-refractivity contribution in [3.05, 3.63) is 0 Å². The van der Waals surface area contributed by atoms with Crippen molar-refractivity contribution in [1.82, 2.24) is 0 Å². The van der Waals surface area contributed by atoms with E-state index in [0.717, 1.165) is 55.3 Å². The van der Waals surface area contributed by atoms with Crippen molar-refractivity contribution in [2.45, 2.75) is 122 Å². The molecule has 0 unspecified atom stereocenters. The van der Waals surface area contributed by atoms with Gasteiger partial charge in [0.05, 0.1) is 5.92 Å². The molecule has 4 fully saturated rings. The van der Waals surface area contributed by atoms with E-state index >= 15 is 0 Å². The average Bonchev–Trinajstić information content (AvgIpc) is 2.76. The molecular formula is C26H45NO2. The Morgan fingerprint density at radius 2 is 1.03 bits per heavy atom. The second kappa shape index (κ2) is 10.2. The molecule has 4 aliphatic rings. The molecule has 0 aromatic heterocycles. The summed E-state index contributed by atoms with van der Waals surface area (Å²) < 4.78 is 6.02. The van der Waals surface area contributed by atoms with Gasteiger partial charge in [0, 0.05) is 6.04 Å². The van der Waals surface area contributed by atoms with Gasteiger partial charge >= 0.3 is 5.97 Å². The second-order valence-corrected chi connectivity index (χ2v) is 11.3. The predicted molar refractivity (Wildman–Crippen MR) is 118 cm³/mol. The fourth-order valence-electron chi connectivity index (χ4n) is 7.14. The maximum atomic E-state index is 12.8. The van der Waals surface area contributed by atoms with Gasteiger partial charge in [-0.2, -0.15) is 0 Å². The van der Waals surface area contributed by atoms with Gasteiger partial charge in [-0.15, -0.1) is 0 Å². The van der Waals surface area contributed by atoms with Gasteiger partial charge < -0.3 is 10.5 Å². The van der Waals surface area contributed by atoms with E-state index < -0.39 is 0 Å². The van der Waals surface area contributed by atoms with E-state index in [9.17, 15) is 4.79 Å². The quantitative estimate of drug-likeness (QED) is 0.565. The van der Waals surface area contributed by atoms with E-state index in [1.165, 1.54) is 77.0 Å². The highest BCUT2D eigenvalue weighted by molar-refractivity contribution is 5.72. The van der Waals surface area contributed by atoms with Crippen LogP contribution in [0.3, 0.4) is 0 Å². The van der Waals surface area contributed by atoms with Crippen molar-refractivity contribution >= 4 is 5.97 Å². The Kier molecular flexibility index (Phi) is 7.59. The third-order valence-corrected chi connectivity index (χ3v) is 9.32. The highest BCUT2D eigenvalue weighted by atomic mass is 16.5. The summed E-state index contributed by atoms with van der Waals surface area (Å²) in [6.45, 7) is 2.40. The zero-order valence-corrected chi connectivity index (χ0v) is 18.8. The molecule has 2 N–H and O–H groups in total. The molecule has 0 atom stereocenters. The number of hydrogen-bond acceptors (Lipinski definition) is 3. The van der Waals surface area contributed by atoms with Crippen LogP contribution in [-0.2, 0) is 9.53 Å². The minimum Gasteiger partial charge on any atom is -0.462 e. The maximum absolute atomic E-state index is 12.8. The van der Waals surface area contributed by atoms with Crippen LogP contribution in [0.1, 0.15) is 110 Å². The summed E-state index contributed by atoms with van der Waals surface area (Å²) in [4.78, 5) is 12.8. The number of carbonyl (C=O) groups is 1. The molecule has 0 bridgehead atoms. The lowest BCUT2D eigenvalue weighted by Gasteiger charge is -2.38. The number of ether oxygens (including phenoxy) is 1. The van der Waals surface area contributed by atoms with E-state index in [-0.39, 0.29) is 18.0 Å². The minimum atomic E-state index is 0.132.